The average molecular weight is 472 g/mol. The Morgan fingerprint density at radius 2 is 2.11 bits per heavy atom. The number of rotatable bonds is 10. The average Bonchev–Trinajstić information content (AvgIpc) is 2.69. The van der Waals surface area contributed by atoms with Crippen molar-refractivity contribution < 1.29 is 19.1 Å². The van der Waals surface area contributed by atoms with Crippen LogP contribution in [0.5, 0.6) is 0 Å². The van der Waals surface area contributed by atoms with Gasteiger partial charge in [0, 0.05) is 24.5 Å². The fraction of sp³-hybridized carbons (Fsp3) is 0.444. The Labute approximate surface area is 175 Å². The summed E-state index contributed by atoms with van der Waals surface area (Å²) in [6.07, 6.45) is 0.757. The van der Waals surface area contributed by atoms with E-state index in [1.807, 2.05) is 6.07 Å². The summed E-state index contributed by atoms with van der Waals surface area (Å²) in [6, 6.07) is 5.31. The van der Waals surface area contributed by atoms with Gasteiger partial charge in [-0.1, -0.05) is 27.7 Å². The van der Waals surface area contributed by atoms with Gasteiger partial charge in [-0.05, 0) is 24.6 Å². The Hall–Kier alpha value is -1.91. The van der Waals surface area contributed by atoms with E-state index in [9.17, 15) is 14.4 Å². The first-order valence-electron chi connectivity index (χ1n) is 8.61. The number of benzene rings is 1. The van der Waals surface area contributed by atoms with Gasteiger partial charge in [0.25, 0.3) is 5.56 Å². The second kappa shape index (κ2) is 11.2. The fourth-order valence-electron chi connectivity index (χ4n) is 2.41. The summed E-state index contributed by atoms with van der Waals surface area (Å²) in [4.78, 5) is 40.5. The van der Waals surface area contributed by atoms with Crippen molar-refractivity contribution in [1.29, 1.82) is 0 Å². The lowest BCUT2D eigenvalue weighted by Crippen LogP contribution is -2.28. The third kappa shape index (κ3) is 6.32. The SMILES string of the molecule is COCCn1c(SCC(=O)NCCCC(=O)OC)nc2ccc(Br)cc2c1=O. The molecule has 1 N–H and O–H groups in total. The lowest BCUT2D eigenvalue weighted by Gasteiger charge is -2.13. The van der Waals surface area contributed by atoms with Crippen LogP contribution in [0.3, 0.4) is 0 Å². The number of ether oxygens (including phenoxy) is 2. The number of fused-ring (bicyclic) bond motifs is 1. The smallest absolute Gasteiger partial charge is 0.305 e. The van der Waals surface area contributed by atoms with Crippen molar-refractivity contribution in [3.63, 3.8) is 0 Å². The molecule has 1 amide bonds. The second-order valence-corrected chi connectivity index (χ2v) is 7.68. The zero-order chi connectivity index (χ0) is 20.5. The van der Waals surface area contributed by atoms with Gasteiger partial charge < -0.3 is 14.8 Å². The van der Waals surface area contributed by atoms with Crippen LogP contribution in [0.2, 0.25) is 0 Å². The fourth-order valence-corrected chi connectivity index (χ4v) is 3.62. The molecule has 0 saturated carbocycles. The van der Waals surface area contributed by atoms with Crippen molar-refractivity contribution in [3.05, 3.63) is 33.0 Å². The van der Waals surface area contributed by atoms with E-state index in [1.165, 1.54) is 23.4 Å². The van der Waals surface area contributed by atoms with E-state index >= 15 is 0 Å². The van der Waals surface area contributed by atoms with Crippen molar-refractivity contribution in [1.82, 2.24) is 14.9 Å². The number of esters is 1. The zero-order valence-corrected chi connectivity index (χ0v) is 18.1. The monoisotopic (exact) mass is 471 g/mol. The summed E-state index contributed by atoms with van der Waals surface area (Å²) in [6.45, 7) is 1.08. The molecular weight excluding hydrogens is 450 g/mol. The number of carbonyl (C=O) groups excluding carboxylic acids is 2. The first-order chi connectivity index (χ1) is 13.5. The molecule has 2 aromatic rings. The molecule has 1 aromatic carbocycles. The highest BCUT2D eigenvalue weighted by atomic mass is 79.9. The quantitative estimate of drug-likeness (QED) is 0.244. The van der Waals surface area contributed by atoms with E-state index in [4.69, 9.17) is 4.74 Å². The number of carbonyl (C=O) groups is 2. The number of thioether (sulfide) groups is 1. The first kappa shape index (κ1) is 22.4. The molecule has 0 unspecified atom stereocenters. The summed E-state index contributed by atoms with van der Waals surface area (Å²) in [5.74, 6) is -0.393. The molecule has 1 aromatic heterocycles. The van der Waals surface area contributed by atoms with Gasteiger partial charge in [-0.15, -0.1) is 0 Å². The molecule has 28 heavy (non-hydrogen) atoms. The zero-order valence-electron chi connectivity index (χ0n) is 15.7. The van der Waals surface area contributed by atoms with Crippen LogP contribution in [0.15, 0.2) is 32.6 Å². The van der Waals surface area contributed by atoms with E-state index < -0.39 is 0 Å². The maximum Gasteiger partial charge on any atom is 0.305 e. The number of halogens is 1. The number of amides is 1. The molecule has 1 heterocycles. The highest BCUT2D eigenvalue weighted by Crippen LogP contribution is 2.20. The summed E-state index contributed by atoms with van der Waals surface area (Å²) in [5.41, 5.74) is 0.396. The molecule has 10 heteroatoms. The molecule has 8 nitrogen and oxygen atoms in total. The number of hydrogen-bond acceptors (Lipinski definition) is 7. The van der Waals surface area contributed by atoms with Crippen molar-refractivity contribution >= 4 is 50.5 Å². The molecule has 0 aliphatic rings. The van der Waals surface area contributed by atoms with E-state index in [2.05, 4.69) is 31.0 Å². The number of methoxy groups -OCH3 is 2. The van der Waals surface area contributed by atoms with Crippen LogP contribution in [0.1, 0.15) is 12.8 Å². The maximum absolute atomic E-state index is 12.8. The molecule has 0 aliphatic carbocycles. The van der Waals surface area contributed by atoms with Crippen molar-refractivity contribution in [2.24, 2.45) is 0 Å². The van der Waals surface area contributed by atoms with Crippen LogP contribution >= 0.6 is 27.7 Å². The van der Waals surface area contributed by atoms with Crippen LogP contribution in [-0.2, 0) is 25.6 Å². The van der Waals surface area contributed by atoms with Crippen LogP contribution < -0.4 is 10.9 Å². The highest BCUT2D eigenvalue weighted by Gasteiger charge is 2.13. The Bertz CT molecular complexity index is 903. The van der Waals surface area contributed by atoms with Gasteiger partial charge in [-0.3, -0.25) is 19.0 Å². The van der Waals surface area contributed by atoms with Crippen molar-refractivity contribution in [3.8, 4) is 0 Å². The number of nitrogens with zero attached hydrogens (tertiary/aromatic N) is 2. The molecule has 0 spiro atoms. The van der Waals surface area contributed by atoms with E-state index in [1.54, 1.807) is 19.2 Å². The minimum Gasteiger partial charge on any atom is -0.469 e. The summed E-state index contributed by atoms with van der Waals surface area (Å²) < 4.78 is 12.0. The molecule has 2 rings (SSSR count). The molecule has 0 atom stereocenters. The van der Waals surface area contributed by atoms with Crippen LogP contribution in [0.25, 0.3) is 10.9 Å². The van der Waals surface area contributed by atoms with Gasteiger partial charge in [0.2, 0.25) is 5.91 Å². The molecule has 152 valence electrons. The van der Waals surface area contributed by atoms with Gasteiger partial charge in [-0.25, -0.2) is 4.98 Å². The van der Waals surface area contributed by atoms with Crippen LogP contribution in [0.4, 0.5) is 0 Å². The van der Waals surface area contributed by atoms with Crippen LogP contribution in [0, 0.1) is 0 Å². The molecule has 0 bridgehead atoms. The third-order valence-electron chi connectivity index (χ3n) is 3.84. The molecule has 0 aliphatic heterocycles. The molecule has 0 fully saturated rings. The summed E-state index contributed by atoms with van der Waals surface area (Å²) in [7, 11) is 2.89. The summed E-state index contributed by atoms with van der Waals surface area (Å²) in [5, 5.41) is 3.70. The number of nitrogens with one attached hydrogen (secondary N) is 1. The molecular formula is C18H22BrN3O5S. The third-order valence-corrected chi connectivity index (χ3v) is 5.31. The van der Waals surface area contributed by atoms with Gasteiger partial charge in [0.1, 0.15) is 0 Å². The second-order valence-electron chi connectivity index (χ2n) is 5.82. The Morgan fingerprint density at radius 3 is 2.82 bits per heavy atom. The highest BCUT2D eigenvalue weighted by molar-refractivity contribution is 9.10. The predicted molar refractivity (Wildman–Crippen MR) is 111 cm³/mol. The van der Waals surface area contributed by atoms with Crippen molar-refractivity contribution in [2.45, 2.75) is 24.5 Å². The Balaban J connectivity index is 2.08. The van der Waals surface area contributed by atoms with Crippen molar-refractivity contribution in [2.75, 3.05) is 33.1 Å². The van der Waals surface area contributed by atoms with Gasteiger partial charge in [0.15, 0.2) is 5.16 Å². The largest absolute Gasteiger partial charge is 0.469 e. The normalized spacial score (nSPS) is 10.8. The Morgan fingerprint density at radius 1 is 1.32 bits per heavy atom. The lowest BCUT2D eigenvalue weighted by molar-refractivity contribution is -0.140. The van der Waals surface area contributed by atoms with Gasteiger partial charge in [0.05, 0.1) is 36.9 Å². The predicted octanol–water partition coefficient (Wildman–Crippen LogP) is 1.97. The minimum atomic E-state index is -0.308. The topological polar surface area (TPSA) is 99.5 Å². The molecule has 0 radical (unpaired) electrons. The number of aromatic nitrogens is 2. The van der Waals surface area contributed by atoms with E-state index in [0.717, 1.165) is 4.47 Å². The van der Waals surface area contributed by atoms with Crippen LogP contribution in [-0.4, -0.2) is 54.6 Å². The Kier molecular flexibility index (Phi) is 8.94. The lowest BCUT2D eigenvalue weighted by atomic mass is 10.2. The van der Waals surface area contributed by atoms with E-state index in [-0.39, 0.29) is 29.6 Å². The standard InChI is InChI=1S/C18H22BrN3O5S/c1-26-9-8-22-17(25)13-10-12(19)5-6-14(13)21-18(22)28-11-15(23)20-7-3-4-16(24)27-2/h5-6,10H,3-4,7-9,11H2,1-2H3,(H,20,23). The maximum atomic E-state index is 12.8. The molecule has 0 saturated heterocycles. The summed E-state index contributed by atoms with van der Waals surface area (Å²) >= 11 is 4.56. The van der Waals surface area contributed by atoms with Gasteiger partial charge >= 0.3 is 5.97 Å². The first-order valence-corrected chi connectivity index (χ1v) is 10.4. The number of hydrogen-bond donors (Lipinski definition) is 1. The van der Waals surface area contributed by atoms with E-state index in [0.29, 0.717) is 42.2 Å². The van der Waals surface area contributed by atoms with Gasteiger partial charge in [-0.2, -0.15) is 0 Å². The minimum absolute atomic E-state index is 0.111.